The van der Waals surface area contributed by atoms with Crippen molar-refractivity contribution >= 4 is 12.2 Å². The van der Waals surface area contributed by atoms with Gasteiger partial charge in [0.2, 0.25) is 0 Å². The summed E-state index contributed by atoms with van der Waals surface area (Å²) in [7, 11) is 0. The molecular formula is C25H25FN6. The van der Waals surface area contributed by atoms with Crippen molar-refractivity contribution in [1.82, 2.24) is 29.3 Å². The Morgan fingerprint density at radius 2 is 1.97 bits per heavy atom. The number of aromatic nitrogens is 6. The van der Waals surface area contributed by atoms with Gasteiger partial charge in [0.1, 0.15) is 12.5 Å². The number of halogens is 1. The number of rotatable bonds is 5. The first-order chi connectivity index (χ1) is 15.6. The maximum absolute atomic E-state index is 13.5. The first kappa shape index (κ1) is 20.3. The fraction of sp³-hybridized carbons (Fsp3) is 0.280. The zero-order valence-electron chi connectivity index (χ0n) is 18.2. The molecular weight excluding hydrogens is 403 g/mol. The molecule has 0 bridgehead atoms. The average molecular weight is 429 g/mol. The molecule has 1 aliphatic rings. The van der Waals surface area contributed by atoms with Crippen molar-refractivity contribution < 1.29 is 4.39 Å². The van der Waals surface area contributed by atoms with Crippen LogP contribution in [0.15, 0.2) is 48.9 Å². The van der Waals surface area contributed by atoms with Crippen LogP contribution >= 0.6 is 0 Å². The summed E-state index contributed by atoms with van der Waals surface area (Å²) in [5.41, 5.74) is 5.49. The van der Waals surface area contributed by atoms with Gasteiger partial charge in [-0.1, -0.05) is 24.3 Å². The molecule has 1 aromatic carbocycles. The zero-order valence-corrected chi connectivity index (χ0v) is 18.2. The topological polar surface area (TPSA) is 61.4 Å². The Hall–Kier alpha value is -3.61. The van der Waals surface area contributed by atoms with Crippen molar-refractivity contribution in [2.24, 2.45) is 0 Å². The number of imidazole rings is 1. The number of fused-ring (bicyclic) bond motifs is 1. The highest BCUT2D eigenvalue weighted by atomic mass is 19.1. The van der Waals surface area contributed by atoms with Gasteiger partial charge in [-0.05, 0) is 62.1 Å². The Morgan fingerprint density at radius 1 is 1.09 bits per heavy atom. The molecule has 0 unspecified atom stereocenters. The quantitative estimate of drug-likeness (QED) is 0.447. The third-order valence-electron chi connectivity index (χ3n) is 5.94. The summed E-state index contributed by atoms with van der Waals surface area (Å²) < 4.78 is 17.5. The SMILES string of the molecule is Cc1cn(-c2ccc(/C=C/c3nc4n(n3)CCC[C@H]4c3ccccc3CF)nc2C)cn1. The van der Waals surface area contributed by atoms with E-state index in [0.29, 0.717) is 5.82 Å². The van der Waals surface area contributed by atoms with Gasteiger partial charge in [0.15, 0.2) is 5.82 Å². The Bertz CT molecular complexity index is 1290. The third-order valence-corrected chi connectivity index (χ3v) is 5.94. The number of hydrogen-bond donors (Lipinski definition) is 0. The second kappa shape index (κ2) is 8.49. The van der Waals surface area contributed by atoms with Crippen molar-refractivity contribution in [2.45, 2.75) is 45.8 Å². The van der Waals surface area contributed by atoms with E-state index in [1.54, 1.807) is 6.33 Å². The first-order valence-corrected chi connectivity index (χ1v) is 10.9. The number of nitrogens with zero attached hydrogens (tertiary/aromatic N) is 6. The molecule has 0 saturated heterocycles. The van der Waals surface area contributed by atoms with Gasteiger partial charge in [0, 0.05) is 18.7 Å². The summed E-state index contributed by atoms with van der Waals surface area (Å²) >= 11 is 0. The largest absolute Gasteiger partial charge is 0.304 e. The molecule has 0 saturated carbocycles. The van der Waals surface area contributed by atoms with Crippen molar-refractivity contribution in [3.05, 3.63) is 88.8 Å². The summed E-state index contributed by atoms with van der Waals surface area (Å²) in [6.07, 6.45) is 9.56. The van der Waals surface area contributed by atoms with E-state index in [-0.39, 0.29) is 5.92 Å². The molecule has 0 fully saturated rings. The lowest BCUT2D eigenvalue weighted by Gasteiger charge is -2.23. The van der Waals surface area contributed by atoms with Crippen molar-refractivity contribution in [3.8, 4) is 5.69 Å². The molecule has 6 nitrogen and oxygen atoms in total. The van der Waals surface area contributed by atoms with Crippen molar-refractivity contribution in [1.29, 1.82) is 0 Å². The molecule has 0 spiro atoms. The molecule has 4 aromatic rings. The highest BCUT2D eigenvalue weighted by Gasteiger charge is 2.26. The van der Waals surface area contributed by atoms with Crippen LogP contribution in [0, 0.1) is 13.8 Å². The average Bonchev–Trinajstić information content (AvgIpc) is 3.43. The van der Waals surface area contributed by atoms with Crippen LogP contribution in [0.25, 0.3) is 17.8 Å². The van der Waals surface area contributed by atoms with Gasteiger partial charge in [0.05, 0.1) is 29.1 Å². The minimum atomic E-state index is -0.465. The molecule has 162 valence electrons. The van der Waals surface area contributed by atoms with Gasteiger partial charge in [-0.3, -0.25) is 4.98 Å². The standard InChI is InChI=1S/C25H25FN6/c1-17-15-31(16-27-17)23-11-9-20(28-18(23)2)10-12-24-29-25-22(8-5-13-32(25)30-24)21-7-4-3-6-19(21)14-26/h3-4,6-7,9-12,15-16,22H,5,8,13-14H2,1-2H3/b12-10+/t22-/m0/s1. The summed E-state index contributed by atoms with van der Waals surface area (Å²) in [5.74, 6) is 1.63. The Kier molecular flexibility index (Phi) is 5.39. The fourth-order valence-corrected chi connectivity index (χ4v) is 4.38. The van der Waals surface area contributed by atoms with Crippen LogP contribution in [0.3, 0.4) is 0 Å². The van der Waals surface area contributed by atoms with Gasteiger partial charge in [-0.15, -0.1) is 0 Å². The van der Waals surface area contributed by atoms with Crippen molar-refractivity contribution in [3.63, 3.8) is 0 Å². The number of aryl methyl sites for hydroxylation is 3. The Balaban J connectivity index is 1.40. The number of pyridine rings is 1. The molecule has 3 aromatic heterocycles. The van der Waals surface area contributed by atoms with Crippen LogP contribution in [-0.2, 0) is 13.2 Å². The predicted octanol–water partition coefficient (Wildman–Crippen LogP) is 5.04. The second-order valence-corrected chi connectivity index (χ2v) is 8.17. The Labute approximate surface area is 186 Å². The number of alkyl halides is 1. The van der Waals surface area contributed by atoms with Crippen LogP contribution in [0.2, 0.25) is 0 Å². The smallest absolute Gasteiger partial charge is 0.174 e. The van der Waals surface area contributed by atoms with E-state index in [0.717, 1.165) is 59.1 Å². The molecule has 32 heavy (non-hydrogen) atoms. The second-order valence-electron chi connectivity index (χ2n) is 8.17. The highest BCUT2D eigenvalue weighted by molar-refractivity contribution is 5.65. The molecule has 4 heterocycles. The summed E-state index contributed by atoms with van der Waals surface area (Å²) in [4.78, 5) is 13.8. The molecule has 5 rings (SSSR count). The lowest BCUT2D eigenvalue weighted by Crippen LogP contribution is -2.18. The molecule has 0 radical (unpaired) electrons. The van der Waals surface area contributed by atoms with E-state index in [4.69, 9.17) is 9.97 Å². The molecule has 7 heteroatoms. The molecule has 0 amide bonds. The van der Waals surface area contributed by atoms with E-state index >= 15 is 0 Å². The molecule has 1 aliphatic heterocycles. The van der Waals surface area contributed by atoms with E-state index in [1.165, 1.54) is 0 Å². The monoisotopic (exact) mass is 428 g/mol. The van der Waals surface area contributed by atoms with Gasteiger partial charge in [0.25, 0.3) is 0 Å². The van der Waals surface area contributed by atoms with Gasteiger partial charge in [-0.25, -0.2) is 19.0 Å². The fourth-order valence-electron chi connectivity index (χ4n) is 4.38. The van der Waals surface area contributed by atoms with Gasteiger partial charge < -0.3 is 4.57 Å². The van der Waals surface area contributed by atoms with E-state index in [2.05, 4.69) is 10.1 Å². The minimum absolute atomic E-state index is 0.0728. The lowest BCUT2D eigenvalue weighted by molar-refractivity contribution is 0.436. The van der Waals surface area contributed by atoms with Crippen LogP contribution in [0.5, 0.6) is 0 Å². The van der Waals surface area contributed by atoms with Crippen LogP contribution < -0.4 is 0 Å². The summed E-state index contributed by atoms with van der Waals surface area (Å²) in [5, 5.41) is 4.67. The predicted molar refractivity (Wildman–Crippen MR) is 122 cm³/mol. The number of hydrogen-bond acceptors (Lipinski definition) is 4. The van der Waals surface area contributed by atoms with E-state index in [1.807, 2.05) is 77.8 Å². The van der Waals surface area contributed by atoms with Crippen molar-refractivity contribution in [2.75, 3.05) is 0 Å². The first-order valence-electron chi connectivity index (χ1n) is 10.9. The highest BCUT2D eigenvalue weighted by Crippen LogP contribution is 2.34. The molecule has 0 aliphatic carbocycles. The van der Waals surface area contributed by atoms with Crippen LogP contribution in [-0.4, -0.2) is 29.3 Å². The van der Waals surface area contributed by atoms with E-state index in [9.17, 15) is 4.39 Å². The Morgan fingerprint density at radius 3 is 2.75 bits per heavy atom. The molecule has 0 N–H and O–H groups in total. The summed E-state index contributed by atoms with van der Waals surface area (Å²) in [6, 6.07) is 11.7. The zero-order chi connectivity index (χ0) is 22.1. The normalized spacial score (nSPS) is 15.9. The minimum Gasteiger partial charge on any atom is -0.304 e. The van der Waals surface area contributed by atoms with Gasteiger partial charge >= 0.3 is 0 Å². The lowest BCUT2D eigenvalue weighted by atomic mass is 9.88. The van der Waals surface area contributed by atoms with Gasteiger partial charge in [-0.2, -0.15) is 5.10 Å². The molecule has 1 atom stereocenters. The van der Waals surface area contributed by atoms with E-state index < -0.39 is 6.67 Å². The third kappa shape index (κ3) is 3.86. The maximum atomic E-state index is 13.5. The number of benzene rings is 1. The summed E-state index contributed by atoms with van der Waals surface area (Å²) in [6.45, 7) is 4.32. The van der Waals surface area contributed by atoms with Crippen LogP contribution in [0.4, 0.5) is 4.39 Å². The van der Waals surface area contributed by atoms with Crippen LogP contribution in [0.1, 0.15) is 58.6 Å². The maximum Gasteiger partial charge on any atom is 0.174 e.